The van der Waals surface area contributed by atoms with Crippen molar-refractivity contribution >= 4 is 39.6 Å². The third-order valence-corrected chi connectivity index (χ3v) is 3.99. The van der Waals surface area contributed by atoms with Crippen LogP contribution in [0.15, 0.2) is 46.0 Å². The van der Waals surface area contributed by atoms with Crippen molar-refractivity contribution in [3.8, 4) is 5.75 Å². The molecular weight excluding hydrogens is 386 g/mol. The molecule has 0 aliphatic heterocycles. The summed E-state index contributed by atoms with van der Waals surface area (Å²) in [5.74, 6) is -0.943. The standard InChI is InChI=1S/C18H18BrN3O3/c1-11-3-5-15(7-12(11)2)21-17(24)9-18(25)22-20-10-13-8-14(19)4-6-16(13)23/h3-8,10,23H,9H2,1-2H3,(H,21,24)(H,22,25)/b20-10+. The second-order valence-electron chi connectivity index (χ2n) is 5.52. The summed E-state index contributed by atoms with van der Waals surface area (Å²) in [5, 5.41) is 16.1. The molecule has 0 aromatic heterocycles. The maximum atomic E-state index is 11.9. The topological polar surface area (TPSA) is 90.8 Å². The van der Waals surface area contributed by atoms with E-state index < -0.39 is 11.8 Å². The highest BCUT2D eigenvalue weighted by atomic mass is 79.9. The van der Waals surface area contributed by atoms with E-state index in [2.05, 4.69) is 31.8 Å². The van der Waals surface area contributed by atoms with Gasteiger partial charge >= 0.3 is 0 Å². The first-order valence-electron chi connectivity index (χ1n) is 7.52. The van der Waals surface area contributed by atoms with Crippen LogP contribution in [-0.4, -0.2) is 23.1 Å². The molecule has 3 N–H and O–H groups in total. The largest absolute Gasteiger partial charge is 0.507 e. The first kappa shape index (κ1) is 18.7. The number of hydrogen-bond acceptors (Lipinski definition) is 4. The number of halogens is 1. The van der Waals surface area contributed by atoms with Gasteiger partial charge in [0.15, 0.2) is 0 Å². The molecule has 2 aromatic rings. The predicted octanol–water partition coefficient (Wildman–Crippen LogP) is 3.25. The lowest BCUT2D eigenvalue weighted by atomic mass is 10.1. The quantitative estimate of drug-likeness (QED) is 0.406. The molecule has 25 heavy (non-hydrogen) atoms. The van der Waals surface area contributed by atoms with Crippen LogP contribution in [0.4, 0.5) is 5.69 Å². The Morgan fingerprint density at radius 2 is 1.88 bits per heavy atom. The zero-order valence-corrected chi connectivity index (χ0v) is 15.4. The number of anilines is 1. The molecule has 0 atom stereocenters. The van der Waals surface area contributed by atoms with Gasteiger partial charge < -0.3 is 10.4 Å². The fraction of sp³-hybridized carbons (Fsp3) is 0.167. The van der Waals surface area contributed by atoms with E-state index in [9.17, 15) is 14.7 Å². The molecule has 2 aromatic carbocycles. The van der Waals surface area contributed by atoms with Crippen LogP contribution in [0.5, 0.6) is 5.75 Å². The molecule has 130 valence electrons. The third kappa shape index (κ3) is 5.72. The average molecular weight is 404 g/mol. The Morgan fingerprint density at radius 3 is 2.60 bits per heavy atom. The number of aromatic hydroxyl groups is 1. The van der Waals surface area contributed by atoms with Gasteiger partial charge in [0.2, 0.25) is 11.8 Å². The van der Waals surface area contributed by atoms with E-state index in [1.165, 1.54) is 12.3 Å². The van der Waals surface area contributed by atoms with Crippen molar-refractivity contribution in [2.24, 2.45) is 5.10 Å². The van der Waals surface area contributed by atoms with Crippen molar-refractivity contribution in [3.05, 3.63) is 57.6 Å². The summed E-state index contributed by atoms with van der Waals surface area (Å²) in [6.45, 7) is 3.93. The molecule has 0 fully saturated rings. The van der Waals surface area contributed by atoms with Crippen molar-refractivity contribution in [2.75, 3.05) is 5.32 Å². The number of hydrazone groups is 1. The number of benzene rings is 2. The number of nitrogens with zero attached hydrogens (tertiary/aromatic N) is 1. The molecule has 6 nitrogen and oxygen atoms in total. The van der Waals surface area contributed by atoms with Crippen LogP contribution in [0, 0.1) is 13.8 Å². The molecule has 2 rings (SSSR count). The maximum absolute atomic E-state index is 11.9. The molecule has 0 radical (unpaired) electrons. The van der Waals surface area contributed by atoms with Gasteiger partial charge in [0.1, 0.15) is 12.2 Å². The van der Waals surface area contributed by atoms with Gasteiger partial charge in [-0.1, -0.05) is 22.0 Å². The van der Waals surface area contributed by atoms with E-state index >= 15 is 0 Å². The van der Waals surface area contributed by atoms with Gasteiger partial charge in [-0.2, -0.15) is 5.10 Å². The van der Waals surface area contributed by atoms with Crippen LogP contribution >= 0.6 is 15.9 Å². The van der Waals surface area contributed by atoms with Crippen molar-refractivity contribution in [3.63, 3.8) is 0 Å². The number of amides is 2. The number of aryl methyl sites for hydroxylation is 2. The molecule has 0 spiro atoms. The molecule has 0 aliphatic carbocycles. The number of carbonyl (C=O) groups is 2. The van der Waals surface area contributed by atoms with Crippen molar-refractivity contribution in [1.29, 1.82) is 0 Å². The second kappa shape index (κ2) is 8.43. The second-order valence-corrected chi connectivity index (χ2v) is 6.44. The fourth-order valence-electron chi connectivity index (χ4n) is 2.01. The minimum Gasteiger partial charge on any atom is -0.507 e. The van der Waals surface area contributed by atoms with Gasteiger partial charge in [-0.25, -0.2) is 5.43 Å². The van der Waals surface area contributed by atoms with Crippen LogP contribution < -0.4 is 10.7 Å². The molecule has 0 aliphatic rings. The Balaban J connectivity index is 1.87. The molecular formula is C18H18BrN3O3. The van der Waals surface area contributed by atoms with E-state index in [1.54, 1.807) is 18.2 Å². The Morgan fingerprint density at radius 1 is 1.12 bits per heavy atom. The number of rotatable bonds is 5. The Hall–Kier alpha value is -2.67. The molecule has 0 saturated heterocycles. The SMILES string of the molecule is Cc1ccc(NC(=O)CC(=O)N/N=C/c2cc(Br)ccc2O)cc1C. The van der Waals surface area contributed by atoms with Crippen LogP contribution in [0.2, 0.25) is 0 Å². The first-order valence-corrected chi connectivity index (χ1v) is 8.32. The number of phenols is 1. The molecule has 0 saturated carbocycles. The van der Waals surface area contributed by atoms with Gasteiger partial charge in [-0.3, -0.25) is 9.59 Å². The van der Waals surface area contributed by atoms with Gasteiger partial charge in [-0.05, 0) is 55.3 Å². The third-order valence-electron chi connectivity index (χ3n) is 3.49. The Labute approximate surface area is 154 Å². The van der Waals surface area contributed by atoms with Gasteiger partial charge in [0.25, 0.3) is 0 Å². The number of hydrogen-bond donors (Lipinski definition) is 3. The molecule has 0 heterocycles. The summed E-state index contributed by atoms with van der Waals surface area (Å²) in [6, 6.07) is 10.4. The molecule has 0 bridgehead atoms. The monoisotopic (exact) mass is 403 g/mol. The Kier molecular flexibility index (Phi) is 6.30. The molecule has 7 heteroatoms. The van der Waals surface area contributed by atoms with Crippen molar-refractivity contribution < 1.29 is 14.7 Å². The normalized spacial score (nSPS) is 10.7. The lowest BCUT2D eigenvalue weighted by Gasteiger charge is -2.07. The maximum Gasteiger partial charge on any atom is 0.249 e. The van der Waals surface area contributed by atoms with E-state index in [1.807, 2.05) is 26.0 Å². The number of nitrogens with one attached hydrogen (secondary N) is 2. The first-order chi connectivity index (χ1) is 11.8. The van der Waals surface area contributed by atoms with Crippen LogP contribution in [0.3, 0.4) is 0 Å². The lowest BCUT2D eigenvalue weighted by Crippen LogP contribution is -2.24. The van der Waals surface area contributed by atoms with Crippen molar-refractivity contribution in [2.45, 2.75) is 20.3 Å². The number of carbonyl (C=O) groups excluding carboxylic acids is 2. The average Bonchev–Trinajstić information content (AvgIpc) is 2.54. The summed E-state index contributed by atoms with van der Waals surface area (Å²) >= 11 is 3.28. The molecule has 0 unspecified atom stereocenters. The highest BCUT2D eigenvalue weighted by Gasteiger charge is 2.09. The summed E-state index contributed by atoms with van der Waals surface area (Å²) in [4.78, 5) is 23.6. The summed E-state index contributed by atoms with van der Waals surface area (Å²) in [5.41, 5.74) is 5.52. The van der Waals surface area contributed by atoms with Gasteiger partial charge in [0.05, 0.1) is 6.21 Å². The highest BCUT2D eigenvalue weighted by molar-refractivity contribution is 9.10. The summed E-state index contributed by atoms with van der Waals surface area (Å²) in [7, 11) is 0. The zero-order chi connectivity index (χ0) is 18.4. The molecule has 2 amide bonds. The van der Waals surface area contributed by atoms with E-state index in [4.69, 9.17) is 0 Å². The highest BCUT2D eigenvalue weighted by Crippen LogP contribution is 2.20. The summed E-state index contributed by atoms with van der Waals surface area (Å²) < 4.78 is 0.769. The minimum atomic E-state index is -0.549. The van der Waals surface area contributed by atoms with E-state index in [0.29, 0.717) is 11.3 Å². The lowest BCUT2D eigenvalue weighted by molar-refractivity contribution is -0.126. The van der Waals surface area contributed by atoms with Crippen LogP contribution in [-0.2, 0) is 9.59 Å². The predicted molar refractivity (Wildman–Crippen MR) is 101 cm³/mol. The van der Waals surface area contributed by atoms with Crippen LogP contribution in [0.25, 0.3) is 0 Å². The minimum absolute atomic E-state index is 0.0358. The smallest absolute Gasteiger partial charge is 0.249 e. The Bertz CT molecular complexity index is 834. The summed E-state index contributed by atoms with van der Waals surface area (Å²) in [6.07, 6.45) is 0.952. The zero-order valence-electron chi connectivity index (χ0n) is 13.8. The fourth-order valence-corrected chi connectivity index (χ4v) is 2.39. The van der Waals surface area contributed by atoms with Crippen molar-refractivity contribution in [1.82, 2.24) is 5.43 Å². The van der Waals surface area contributed by atoms with E-state index in [0.717, 1.165) is 15.6 Å². The van der Waals surface area contributed by atoms with Gasteiger partial charge in [-0.15, -0.1) is 0 Å². The van der Waals surface area contributed by atoms with Crippen LogP contribution in [0.1, 0.15) is 23.1 Å². The van der Waals surface area contributed by atoms with E-state index in [-0.39, 0.29) is 12.2 Å². The van der Waals surface area contributed by atoms with Gasteiger partial charge in [0, 0.05) is 15.7 Å². The number of phenolic OH excluding ortho intramolecular Hbond substituents is 1.